The van der Waals surface area contributed by atoms with Crippen LogP contribution < -0.4 is 5.32 Å². The third kappa shape index (κ3) is 4.64. The van der Waals surface area contributed by atoms with Crippen LogP contribution >= 0.6 is 15.9 Å². The second-order valence-corrected chi connectivity index (χ2v) is 7.10. The lowest BCUT2D eigenvalue weighted by Gasteiger charge is -2.28. The summed E-state index contributed by atoms with van der Waals surface area (Å²) < 4.78 is 19.8. The van der Waals surface area contributed by atoms with Gasteiger partial charge in [-0.25, -0.2) is 4.39 Å². The maximum Gasteiger partial charge on any atom is 0.137 e. The summed E-state index contributed by atoms with van der Waals surface area (Å²) in [7, 11) is 0. The molecule has 1 aliphatic heterocycles. The third-order valence-electron chi connectivity index (χ3n) is 4.37. The van der Waals surface area contributed by atoms with E-state index in [0.29, 0.717) is 16.4 Å². The van der Waals surface area contributed by atoms with Gasteiger partial charge in [0.25, 0.3) is 0 Å². The normalized spacial score (nSPS) is 17.7. The Morgan fingerprint density at radius 1 is 1.41 bits per heavy atom. The Bertz CT molecular complexity index is 512. The summed E-state index contributed by atoms with van der Waals surface area (Å²) in [5.41, 5.74) is 2.13. The van der Waals surface area contributed by atoms with Gasteiger partial charge >= 0.3 is 0 Å². The Morgan fingerprint density at radius 2 is 2.09 bits per heavy atom. The second kappa shape index (κ2) is 8.23. The van der Waals surface area contributed by atoms with E-state index < -0.39 is 0 Å². The van der Waals surface area contributed by atoms with E-state index in [2.05, 4.69) is 41.7 Å². The fraction of sp³-hybridized carbons (Fsp3) is 0.556. The molecule has 1 aromatic carbocycles. The summed E-state index contributed by atoms with van der Waals surface area (Å²) in [5, 5.41) is 3.62. The highest BCUT2D eigenvalue weighted by Gasteiger charge is 2.21. The van der Waals surface area contributed by atoms with Crippen molar-refractivity contribution in [1.82, 2.24) is 5.32 Å². The Hall–Kier alpha value is -0.710. The molecular weight excluding hydrogens is 345 g/mol. The molecule has 0 aliphatic carbocycles. The molecule has 1 N–H and O–H groups in total. The van der Waals surface area contributed by atoms with Crippen molar-refractivity contribution in [3.63, 3.8) is 0 Å². The van der Waals surface area contributed by atoms with E-state index in [1.807, 2.05) is 6.07 Å². The van der Waals surface area contributed by atoms with Gasteiger partial charge in [0, 0.05) is 31.7 Å². The molecule has 0 aromatic heterocycles. The van der Waals surface area contributed by atoms with Gasteiger partial charge in [-0.3, -0.25) is 0 Å². The standard InChI is InChI=1S/C18H25BrFNO/c1-12(2)13(3)16(11-21-15-6-8-22-9-7-15)14-4-5-17(19)18(20)10-14/h4-5,10,12,15-16,21H,3,6-9,11H2,1-2H3. The first-order chi connectivity index (χ1) is 10.5. The smallest absolute Gasteiger partial charge is 0.137 e. The average Bonchev–Trinajstić information content (AvgIpc) is 2.51. The Morgan fingerprint density at radius 3 is 2.68 bits per heavy atom. The first-order valence-corrected chi connectivity index (χ1v) is 8.73. The highest BCUT2D eigenvalue weighted by molar-refractivity contribution is 9.10. The Balaban J connectivity index is 2.11. The quantitative estimate of drug-likeness (QED) is 0.736. The van der Waals surface area contributed by atoms with Crippen molar-refractivity contribution in [2.75, 3.05) is 19.8 Å². The van der Waals surface area contributed by atoms with Gasteiger partial charge < -0.3 is 10.1 Å². The monoisotopic (exact) mass is 369 g/mol. The van der Waals surface area contributed by atoms with Crippen LogP contribution in [0.1, 0.15) is 38.2 Å². The van der Waals surface area contributed by atoms with E-state index in [-0.39, 0.29) is 11.7 Å². The molecule has 1 fully saturated rings. The SMILES string of the molecule is C=C(C(C)C)C(CNC1CCOCC1)c1ccc(Br)c(F)c1. The van der Waals surface area contributed by atoms with Crippen molar-refractivity contribution in [2.45, 2.75) is 38.6 Å². The van der Waals surface area contributed by atoms with Crippen LogP contribution in [0.3, 0.4) is 0 Å². The lowest BCUT2D eigenvalue weighted by atomic mass is 9.85. The highest BCUT2D eigenvalue weighted by atomic mass is 79.9. The van der Waals surface area contributed by atoms with Crippen LogP contribution in [0.2, 0.25) is 0 Å². The first-order valence-electron chi connectivity index (χ1n) is 7.93. The molecule has 0 saturated carbocycles. The third-order valence-corrected chi connectivity index (χ3v) is 5.01. The molecule has 1 unspecified atom stereocenters. The first kappa shape index (κ1) is 17.6. The minimum atomic E-state index is -0.217. The zero-order chi connectivity index (χ0) is 16.1. The maximum absolute atomic E-state index is 13.9. The van der Waals surface area contributed by atoms with Crippen LogP contribution in [0.5, 0.6) is 0 Å². The number of nitrogens with one attached hydrogen (secondary N) is 1. The predicted octanol–water partition coefficient (Wildman–Crippen LogP) is 4.65. The van der Waals surface area contributed by atoms with Gasteiger partial charge in [-0.15, -0.1) is 0 Å². The van der Waals surface area contributed by atoms with Gasteiger partial charge in [0.2, 0.25) is 0 Å². The molecule has 122 valence electrons. The van der Waals surface area contributed by atoms with E-state index in [9.17, 15) is 4.39 Å². The van der Waals surface area contributed by atoms with Gasteiger partial charge in [-0.1, -0.05) is 32.1 Å². The molecule has 1 heterocycles. The fourth-order valence-electron chi connectivity index (χ4n) is 2.78. The van der Waals surface area contributed by atoms with E-state index in [1.165, 1.54) is 0 Å². The average molecular weight is 370 g/mol. The summed E-state index contributed by atoms with van der Waals surface area (Å²) in [6.07, 6.45) is 2.07. The minimum absolute atomic E-state index is 0.130. The zero-order valence-corrected chi connectivity index (χ0v) is 15.0. The second-order valence-electron chi connectivity index (χ2n) is 6.25. The van der Waals surface area contributed by atoms with Crippen LogP contribution in [-0.2, 0) is 4.74 Å². The van der Waals surface area contributed by atoms with Crippen molar-refractivity contribution in [2.24, 2.45) is 5.92 Å². The molecule has 1 saturated heterocycles. The number of rotatable bonds is 6. The summed E-state index contributed by atoms with van der Waals surface area (Å²) in [4.78, 5) is 0. The van der Waals surface area contributed by atoms with Gasteiger partial charge in [0.05, 0.1) is 4.47 Å². The minimum Gasteiger partial charge on any atom is -0.381 e. The highest BCUT2D eigenvalue weighted by Crippen LogP contribution is 2.30. The number of hydrogen-bond acceptors (Lipinski definition) is 2. The number of benzene rings is 1. The number of halogens is 2. The molecule has 2 rings (SSSR count). The summed E-state index contributed by atoms with van der Waals surface area (Å²) in [6, 6.07) is 5.86. The topological polar surface area (TPSA) is 21.3 Å². The largest absolute Gasteiger partial charge is 0.381 e. The van der Waals surface area contributed by atoms with Crippen molar-refractivity contribution < 1.29 is 9.13 Å². The van der Waals surface area contributed by atoms with Gasteiger partial charge in [0.15, 0.2) is 0 Å². The lowest BCUT2D eigenvalue weighted by Crippen LogP contribution is -2.37. The van der Waals surface area contributed by atoms with E-state index in [4.69, 9.17) is 4.74 Å². The summed E-state index contributed by atoms with van der Waals surface area (Å²) in [5.74, 6) is 0.281. The molecule has 0 amide bonds. The van der Waals surface area contributed by atoms with Crippen LogP contribution in [0.15, 0.2) is 34.8 Å². The molecule has 22 heavy (non-hydrogen) atoms. The van der Waals surface area contributed by atoms with Crippen LogP contribution in [0.4, 0.5) is 4.39 Å². The molecule has 0 radical (unpaired) electrons. The van der Waals surface area contributed by atoms with Crippen LogP contribution in [0, 0.1) is 11.7 Å². The number of hydrogen-bond donors (Lipinski definition) is 1. The molecule has 2 nitrogen and oxygen atoms in total. The van der Waals surface area contributed by atoms with Crippen LogP contribution in [0.25, 0.3) is 0 Å². The van der Waals surface area contributed by atoms with Gasteiger partial charge in [-0.2, -0.15) is 0 Å². The van der Waals surface area contributed by atoms with Crippen molar-refractivity contribution in [3.05, 3.63) is 46.2 Å². The Kier molecular flexibility index (Phi) is 6.60. The molecular formula is C18H25BrFNO. The van der Waals surface area contributed by atoms with E-state index in [0.717, 1.165) is 43.7 Å². The van der Waals surface area contributed by atoms with Crippen molar-refractivity contribution in [1.29, 1.82) is 0 Å². The van der Waals surface area contributed by atoms with Crippen molar-refractivity contribution in [3.8, 4) is 0 Å². The van der Waals surface area contributed by atoms with Gasteiger partial charge in [-0.05, 0) is 52.4 Å². The molecule has 4 heteroatoms. The molecule has 1 aliphatic rings. The Labute approximate surface area is 141 Å². The molecule has 1 aromatic rings. The maximum atomic E-state index is 13.9. The van der Waals surface area contributed by atoms with Gasteiger partial charge in [0.1, 0.15) is 5.82 Å². The zero-order valence-electron chi connectivity index (χ0n) is 13.4. The molecule has 0 spiro atoms. The lowest BCUT2D eigenvalue weighted by molar-refractivity contribution is 0.0778. The summed E-state index contributed by atoms with van der Waals surface area (Å²) in [6.45, 7) is 11.0. The number of ether oxygens (including phenoxy) is 1. The predicted molar refractivity (Wildman–Crippen MR) is 92.7 cm³/mol. The summed E-state index contributed by atoms with van der Waals surface area (Å²) >= 11 is 3.22. The van der Waals surface area contributed by atoms with E-state index in [1.54, 1.807) is 12.1 Å². The molecule has 1 atom stereocenters. The van der Waals surface area contributed by atoms with E-state index >= 15 is 0 Å². The molecule has 0 bridgehead atoms. The fourth-order valence-corrected chi connectivity index (χ4v) is 3.03. The van der Waals surface area contributed by atoms with Crippen molar-refractivity contribution >= 4 is 15.9 Å². The van der Waals surface area contributed by atoms with Crippen LogP contribution in [-0.4, -0.2) is 25.8 Å².